The molecule has 1 fully saturated rings. The van der Waals surface area contributed by atoms with Crippen molar-refractivity contribution in [3.63, 3.8) is 0 Å². The van der Waals surface area contributed by atoms with Crippen LogP contribution in [0.15, 0.2) is 64.0 Å². The minimum absolute atomic E-state index is 0.260. The molecule has 2 aromatic carbocycles. The Balaban J connectivity index is 1.37. The molecule has 152 valence electrons. The Labute approximate surface area is 179 Å². The van der Waals surface area contributed by atoms with Crippen LogP contribution in [0.2, 0.25) is 10.0 Å². The number of halogens is 2. The molecule has 0 bridgehead atoms. The molecule has 1 aliphatic rings. The number of nitrogens with zero attached hydrogens (tertiary/aromatic N) is 3. The van der Waals surface area contributed by atoms with Gasteiger partial charge in [0.25, 0.3) is 0 Å². The van der Waals surface area contributed by atoms with E-state index in [9.17, 15) is 8.42 Å². The van der Waals surface area contributed by atoms with Crippen LogP contribution in [0.25, 0.3) is 11.3 Å². The maximum absolute atomic E-state index is 12.8. The fourth-order valence-corrected chi connectivity index (χ4v) is 4.88. The molecular weight excluding hydrogens is 433 g/mol. The van der Waals surface area contributed by atoms with Gasteiger partial charge in [-0.25, -0.2) is 13.4 Å². The summed E-state index contributed by atoms with van der Waals surface area (Å²) in [5.41, 5.74) is 0.909. The maximum Gasteiger partial charge on any atom is 0.243 e. The van der Waals surface area contributed by atoms with E-state index in [1.54, 1.807) is 30.5 Å². The number of piperazine rings is 1. The highest BCUT2D eigenvalue weighted by atomic mass is 35.5. The van der Waals surface area contributed by atoms with E-state index in [0.717, 1.165) is 5.56 Å². The summed E-state index contributed by atoms with van der Waals surface area (Å²) >= 11 is 11.8. The van der Waals surface area contributed by atoms with Crippen LogP contribution in [0.5, 0.6) is 0 Å². The van der Waals surface area contributed by atoms with Crippen molar-refractivity contribution in [2.45, 2.75) is 11.4 Å². The Morgan fingerprint density at radius 2 is 1.48 bits per heavy atom. The summed E-state index contributed by atoms with van der Waals surface area (Å²) in [7, 11) is -3.51. The lowest BCUT2D eigenvalue weighted by Gasteiger charge is -2.33. The quantitative estimate of drug-likeness (QED) is 0.582. The first-order valence-electron chi connectivity index (χ1n) is 9.10. The maximum atomic E-state index is 12.8. The van der Waals surface area contributed by atoms with Crippen LogP contribution >= 0.6 is 23.2 Å². The molecule has 0 unspecified atom stereocenters. The van der Waals surface area contributed by atoms with E-state index < -0.39 is 10.0 Å². The Bertz CT molecular complexity index is 1070. The summed E-state index contributed by atoms with van der Waals surface area (Å²) in [5, 5.41) is 1.18. The lowest BCUT2D eigenvalue weighted by Crippen LogP contribution is -2.48. The highest BCUT2D eigenvalue weighted by molar-refractivity contribution is 7.89. The van der Waals surface area contributed by atoms with Gasteiger partial charge in [-0.3, -0.25) is 4.90 Å². The van der Waals surface area contributed by atoms with Crippen molar-refractivity contribution < 1.29 is 12.8 Å². The molecule has 0 spiro atoms. The Morgan fingerprint density at radius 3 is 2.10 bits per heavy atom. The number of sulfonamides is 1. The first kappa shape index (κ1) is 20.4. The van der Waals surface area contributed by atoms with Gasteiger partial charge in [-0.1, -0.05) is 23.2 Å². The van der Waals surface area contributed by atoms with Gasteiger partial charge in [-0.05, 0) is 48.5 Å². The zero-order chi connectivity index (χ0) is 20.4. The number of rotatable bonds is 5. The van der Waals surface area contributed by atoms with Crippen LogP contribution in [-0.2, 0) is 16.6 Å². The second-order valence-corrected chi connectivity index (χ2v) is 9.57. The molecule has 4 rings (SSSR count). The SMILES string of the molecule is O=S(=O)(c1ccc(Cl)cc1)N1CCN(Cc2ncc(-c3ccc(Cl)cc3)o2)CC1. The first-order valence-corrected chi connectivity index (χ1v) is 11.3. The Morgan fingerprint density at radius 1 is 0.897 bits per heavy atom. The van der Waals surface area contributed by atoms with E-state index in [1.807, 2.05) is 12.1 Å². The molecule has 29 heavy (non-hydrogen) atoms. The summed E-state index contributed by atoms with van der Waals surface area (Å²) in [5.74, 6) is 1.28. The molecule has 2 heterocycles. The smallest absolute Gasteiger partial charge is 0.243 e. The van der Waals surface area contributed by atoms with E-state index in [2.05, 4.69) is 9.88 Å². The van der Waals surface area contributed by atoms with Crippen LogP contribution < -0.4 is 0 Å². The van der Waals surface area contributed by atoms with E-state index >= 15 is 0 Å². The van der Waals surface area contributed by atoms with Crippen LogP contribution in [0.4, 0.5) is 0 Å². The summed E-state index contributed by atoms with van der Waals surface area (Å²) in [4.78, 5) is 6.74. The monoisotopic (exact) mass is 451 g/mol. The van der Waals surface area contributed by atoms with Gasteiger partial charge in [-0.2, -0.15) is 4.31 Å². The van der Waals surface area contributed by atoms with Crippen LogP contribution in [0.1, 0.15) is 5.89 Å². The minimum atomic E-state index is -3.51. The van der Waals surface area contributed by atoms with Crippen molar-refractivity contribution in [1.82, 2.24) is 14.2 Å². The van der Waals surface area contributed by atoms with Crippen molar-refractivity contribution in [2.24, 2.45) is 0 Å². The second kappa shape index (κ2) is 8.45. The van der Waals surface area contributed by atoms with Crippen LogP contribution in [-0.4, -0.2) is 48.8 Å². The van der Waals surface area contributed by atoms with Crippen LogP contribution in [0.3, 0.4) is 0 Å². The molecule has 0 amide bonds. The summed E-state index contributed by atoms with van der Waals surface area (Å²) in [6, 6.07) is 13.6. The molecule has 3 aromatic rings. The van der Waals surface area contributed by atoms with Crippen molar-refractivity contribution in [1.29, 1.82) is 0 Å². The standard InChI is InChI=1S/C20H19Cl2N3O3S/c21-16-3-1-15(2-4-16)19-13-23-20(28-19)14-24-9-11-25(12-10-24)29(26,27)18-7-5-17(22)6-8-18/h1-8,13H,9-12,14H2. The largest absolute Gasteiger partial charge is 0.439 e. The molecule has 0 atom stereocenters. The van der Waals surface area contributed by atoms with Gasteiger partial charge in [0.05, 0.1) is 17.6 Å². The fraction of sp³-hybridized carbons (Fsp3) is 0.250. The van der Waals surface area contributed by atoms with Crippen molar-refractivity contribution in [3.05, 3.63) is 70.7 Å². The zero-order valence-corrected chi connectivity index (χ0v) is 17.8. The lowest BCUT2D eigenvalue weighted by molar-refractivity contribution is 0.168. The topological polar surface area (TPSA) is 66.7 Å². The first-order chi connectivity index (χ1) is 13.9. The molecule has 1 aliphatic heterocycles. The minimum Gasteiger partial charge on any atom is -0.439 e. The van der Waals surface area contributed by atoms with Crippen molar-refractivity contribution in [2.75, 3.05) is 26.2 Å². The molecule has 6 nitrogen and oxygen atoms in total. The normalized spacial score (nSPS) is 16.2. The highest BCUT2D eigenvalue weighted by Gasteiger charge is 2.28. The van der Waals surface area contributed by atoms with Gasteiger partial charge in [0, 0.05) is 41.8 Å². The van der Waals surface area contributed by atoms with E-state index in [-0.39, 0.29) is 4.90 Å². The van der Waals surface area contributed by atoms with Crippen molar-refractivity contribution >= 4 is 33.2 Å². The predicted molar refractivity (Wildman–Crippen MR) is 112 cm³/mol. The molecule has 0 radical (unpaired) electrons. The average molecular weight is 452 g/mol. The van der Waals surface area contributed by atoms with Crippen molar-refractivity contribution in [3.8, 4) is 11.3 Å². The number of benzene rings is 2. The van der Waals surface area contributed by atoms with Gasteiger partial charge in [0.1, 0.15) is 0 Å². The van der Waals surface area contributed by atoms with Crippen LogP contribution in [0, 0.1) is 0 Å². The zero-order valence-electron chi connectivity index (χ0n) is 15.5. The number of hydrogen-bond donors (Lipinski definition) is 0. The van der Waals surface area contributed by atoms with Gasteiger partial charge in [0.2, 0.25) is 15.9 Å². The van der Waals surface area contributed by atoms with E-state index in [4.69, 9.17) is 27.6 Å². The molecular formula is C20H19Cl2N3O3S. The summed E-state index contributed by atoms with van der Waals surface area (Å²) < 4.78 is 32.9. The molecule has 0 N–H and O–H groups in total. The Kier molecular flexibility index (Phi) is 5.94. The lowest BCUT2D eigenvalue weighted by atomic mass is 10.2. The molecule has 9 heteroatoms. The molecule has 0 saturated carbocycles. The molecule has 1 aromatic heterocycles. The second-order valence-electron chi connectivity index (χ2n) is 6.76. The summed E-state index contributed by atoms with van der Waals surface area (Å²) in [6.45, 7) is 2.56. The predicted octanol–water partition coefficient (Wildman–Crippen LogP) is 4.15. The summed E-state index contributed by atoms with van der Waals surface area (Å²) in [6.07, 6.45) is 1.69. The average Bonchev–Trinajstić information content (AvgIpc) is 3.18. The number of hydrogen-bond acceptors (Lipinski definition) is 5. The fourth-order valence-electron chi connectivity index (χ4n) is 3.21. The molecule has 0 aliphatic carbocycles. The molecule has 1 saturated heterocycles. The number of oxazole rings is 1. The van der Waals surface area contributed by atoms with E-state index in [1.165, 1.54) is 16.4 Å². The number of aromatic nitrogens is 1. The Hall–Kier alpha value is -1.90. The highest BCUT2D eigenvalue weighted by Crippen LogP contribution is 2.24. The third kappa shape index (κ3) is 4.65. The van der Waals surface area contributed by atoms with Gasteiger partial charge < -0.3 is 4.42 Å². The third-order valence-electron chi connectivity index (χ3n) is 4.82. The van der Waals surface area contributed by atoms with Gasteiger partial charge in [0.15, 0.2) is 5.76 Å². The third-order valence-corrected chi connectivity index (χ3v) is 7.24. The van der Waals surface area contributed by atoms with Gasteiger partial charge in [-0.15, -0.1) is 0 Å². The van der Waals surface area contributed by atoms with Gasteiger partial charge >= 0.3 is 0 Å². The van der Waals surface area contributed by atoms with E-state index in [0.29, 0.717) is 54.4 Å².